The van der Waals surface area contributed by atoms with Crippen molar-refractivity contribution in [3.8, 4) is 0 Å². The largest absolute Gasteiger partial charge is 0.314 e. The van der Waals surface area contributed by atoms with Crippen LogP contribution in [0.5, 0.6) is 0 Å². The Morgan fingerprint density at radius 2 is 2.15 bits per heavy atom. The third kappa shape index (κ3) is 4.34. The summed E-state index contributed by atoms with van der Waals surface area (Å²) in [6.07, 6.45) is 8.74. The van der Waals surface area contributed by atoms with Crippen molar-refractivity contribution in [2.24, 2.45) is 24.8 Å². The van der Waals surface area contributed by atoms with E-state index in [1.807, 2.05) is 11.7 Å². The number of aryl methyl sites for hydroxylation is 1. The van der Waals surface area contributed by atoms with E-state index in [0.717, 1.165) is 24.2 Å². The Balaban J connectivity index is 1.97. The van der Waals surface area contributed by atoms with Gasteiger partial charge in [0, 0.05) is 19.3 Å². The number of rotatable bonds is 6. The van der Waals surface area contributed by atoms with Gasteiger partial charge in [-0.05, 0) is 49.6 Å². The summed E-state index contributed by atoms with van der Waals surface area (Å²) in [6.45, 7) is 8.00. The number of nitrogens with one attached hydrogen (secondary N) is 1. The minimum absolute atomic E-state index is 0.592. The van der Waals surface area contributed by atoms with Crippen molar-refractivity contribution in [1.82, 2.24) is 15.1 Å². The van der Waals surface area contributed by atoms with Crippen LogP contribution in [0.25, 0.3) is 0 Å². The molecule has 1 heterocycles. The van der Waals surface area contributed by atoms with E-state index in [0.29, 0.717) is 6.04 Å². The molecule has 1 saturated carbocycles. The van der Waals surface area contributed by atoms with Crippen LogP contribution in [0.1, 0.15) is 52.1 Å². The van der Waals surface area contributed by atoms with Gasteiger partial charge in [-0.3, -0.25) is 4.68 Å². The first kappa shape index (κ1) is 15.6. The smallest absolute Gasteiger partial charge is 0.0627 e. The number of hydrogen-bond acceptors (Lipinski definition) is 2. The summed E-state index contributed by atoms with van der Waals surface area (Å²) >= 11 is 0. The second-order valence-electron chi connectivity index (χ2n) is 6.86. The summed E-state index contributed by atoms with van der Waals surface area (Å²) in [5.74, 6) is 2.55. The molecule has 3 unspecified atom stereocenters. The fourth-order valence-electron chi connectivity index (χ4n) is 3.54. The van der Waals surface area contributed by atoms with Crippen molar-refractivity contribution in [3.05, 3.63) is 18.0 Å². The van der Waals surface area contributed by atoms with Crippen molar-refractivity contribution in [3.63, 3.8) is 0 Å². The van der Waals surface area contributed by atoms with Crippen LogP contribution in [0.15, 0.2) is 12.3 Å². The molecule has 0 radical (unpaired) electrons. The van der Waals surface area contributed by atoms with Gasteiger partial charge in [-0.25, -0.2) is 0 Å². The lowest BCUT2D eigenvalue weighted by molar-refractivity contribution is 0.168. The van der Waals surface area contributed by atoms with Gasteiger partial charge >= 0.3 is 0 Å². The Kier molecular flexibility index (Phi) is 5.64. The summed E-state index contributed by atoms with van der Waals surface area (Å²) in [4.78, 5) is 0. The van der Waals surface area contributed by atoms with Crippen LogP contribution in [-0.2, 0) is 13.5 Å². The summed E-state index contributed by atoms with van der Waals surface area (Å²) < 4.78 is 1.93. The van der Waals surface area contributed by atoms with Gasteiger partial charge in [-0.2, -0.15) is 5.10 Å². The zero-order valence-electron chi connectivity index (χ0n) is 13.6. The second-order valence-corrected chi connectivity index (χ2v) is 6.86. The fraction of sp³-hybridized carbons (Fsp3) is 0.824. The van der Waals surface area contributed by atoms with Crippen LogP contribution in [0.4, 0.5) is 0 Å². The summed E-state index contributed by atoms with van der Waals surface area (Å²) in [6, 6.07) is 2.78. The molecule has 0 aliphatic heterocycles. The molecule has 1 aromatic heterocycles. The van der Waals surface area contributed by atoms with Gasteiger partial charge < -0.3 is 5.32 Å². The van der Waals surface area contributed by atoms with Crippen LogP contribution >= 0.6 is 0 Å². The zero-order chi connectivity index (χ0) is 14.5. The highest BCUT2D eigenvalue weighted by molar-refractivity contribution is 5.01. The molecule has 3 heteroatoms. The van der Waals surface area contributed by atoms with Crippen molar-refractivity contribution in [1.29, 1.82) is 0 Å². The van der Waals surface area contributed by atoms with Crippen molar-refractivity contribution >= 4 is 0 Å². The molecule has 0 spiro atoms. The average molecular weight is 277 g/mol. The minimum atomic E-state index is 0.592. The van der Waals surface area contributed by atoms with E-state index < -0.39 is 0 Å². The SMILES string of the molecule is CCC1CCC(CNC(C)C)C(Cc2ccn(C)n2)C1. The van der Waals surface area contributed by atoms with Gasteiger partial charge in [0.1, 0.15) is 0 Å². The first-order chi connectivity index (χ1) is 9.58. The Labute approximate surface area is 124 Å². The van der Waals surface area contributed by atoms with Crippen molar-refractivity contribution in [2.75, 3.05) is 6.54 Å². The molecule has 114 valence electrons. The number of hydrogen-bond donors (Lipinski definition) is 1. The van der Waals surface area contributed by atoms with E-state index in [2.05, 4.69) is 43.4 Å². The van der Waals surface area contributed by atoms with Crippen LogP contribution in [0.2, 0.25) is 0 Å². The molecular weight excluding hydrogens is 246 g/mol. The quantitative estimate of drug-likeness (QED) is 0.863. The first-order valence-electron chi connectivity index (χ1n) is 8.30. The molecular formula is C17H31N3. The standard InChI is InChI=1S/C17H31N3/c1-5-14-6-7-15(12-18-13(2)3)16(10-14)11-17-8-9-20(4)19-17/h8-9,13-16,18H,5-7,10-12H2,1-4H3. The average Bonchev–Trinajstić information content (AvgIpc) is 2.82. The number of aromatic nitrogens is 2. The van der Waals surface area contributed by atoms with Crippen LogP contribution in [0.3, 0.4) is 0 Å². The van der Waals surface area contributed by atoms with Crippen LogP contribution in [-0.4, -0.2) is 22.4 Å². The highest BCUT2D eigenvalue weighted by Gasteiger charge is 2.30. The molecule has 20 heavy (non-hydrogen) atoms. The summed E-state index contributed by atoms with van der Waals surface area (Å²) in [5.41, 5.74) is 1.27. The van der Waals surface area contributed by atoms with E-state index in [1.165, 1.54) is 37.9 Å². The predicted molar refractivity (Wildman–Crippen MR) is 84.7 cm³/mol. The van der Waals surface area contributed by atoms with Crippen LogP contribution in [0, 0.1) is 17.8 Å². The molecule has 0 aromatic carbocycles. The van der Waals surface area contributed by atoms with E-state index in [-0.39, 0.29) is 0 Å². The molecule has 3 nitrogen and oxygen atoms in total. The van der Waals surface area contributed by atoms with Gasteiger partial charge in [0.05, 0.1) is 5.69 Å². The third-order valence-electron chi connectivity index (χ3n) is 4.85. The van der Waals surface area contributed by atoms with E-state index in [9.17, 15) is 0 Å². The van der Waals surface area contributed by atoms with Crippen molar-refractivity contribution in [2.45, 2.75) is 58.9 Å². The van der Waals surface area contributed by atoms with Gasteiger partial charge in [0.25, 0.3) is 0 Å². The highest BCUT2D eigenvalue weighted by atomic mass is 15.2. The van der Waals surface area contributed by atoms with E-state index >= 15 is 0 Å². The Morgan fingerprint density at radius 3 is 2.75 bits per heavy atom. The lowest BCUT2D eigenvalue weighted by atomic mass is 9.71. The molecule has 1 N–H and O–H groups in total. The Morgan fingerprint density at radius 1 is 1.35 bits per heavy atom. The predicted octanol–water partition coefficient (Wildman–Crippen LogP) is 3.40. The molecule has 0 bridgehead atoms. The third-order valence-corrected chi connectivity index (χ3v) is 4.85. The first-order valence-corrected chi connectivity index (χ1v) is 8.30. The van der Waals surface area contributed by atoms with Gasteiger partial charge in [0.2, 0.25) is 0 Å². The van der Waals surface area contributed by atoms with Gasteiger partial charge in [-0.15, -0.1) is 0 Å². The maximum atomic E-state index is 4.58. The molecule has 1 fully saturated rings. The molecule has 3 atom stereocenters. The molecule has 1 aromatic rings. The summed E-state index contributed by atoms with van der Waals surface area (Å²) in [5, 5.41) is 8.22. The monoisotopic (exact) mass is 277 g/mol. The minimum Gasteiger partial charge on any atom is -0.314 e. The lowest BCUT2D eigenvalue weighted by Crippen LogP contribution is -2.36. The maximum absolute atomic E-state index is 4.58. The Hall–Kier alpha value is -0.830. The van der Waals surface area contributed by atoms with Crippen molar-refractivity contribution < 1.29 is 0 Å². The molecule has 1 aliphatic rings. The topological polar surface area (TPSA) is 29.9 Å². The van der Waals surface area contributed by atoms with E-state index in [4.69, 9.17) is 0 Å². The second kappa shape index (κ2) is 7.26. The fourth-order valence-corrected chi connectivity index (χ4v) is 3.54. The molecule has 2 rings (SSSR count). The zero-order valence-corrected chi connectivity index (χ0v) is 13.6. The van der Waals surface area contributed by atoms with Gasteiger partial charge in [0.15, 0.2) is 0 Å². The normalized spacial score (nSPS) is 27.1. The molecule has 0 saturated heterocycles. The summed E-state index contributed by atoms with van der Waals surface area (Å²) in [7, 11) is 2.01. The highest BCUT2D eigenvalue weighted by Crippen LogP contribution is 2.37. The Bertz CT molecular complexity index is 397. The van der Waals surface area contributed by atoms with Gasteiger partial charge in [-0.1, -0.05) is 33.6 Å². The van der Waals surface area contributed by atoms with E-state index in [1.54, 1.807) is 0 Å². The van der Waals surface area contributed by atoms with Crippen LogP contribution < -0.4 is 5.32 Å². The number of nitrogens with zero attached hydrogens (tertiary/aromatic N) is 2. The molecule has 1 aliphatic carbocycles. The molecule has 0 amide bonds. The maximum Gasteiger partial charge on any atom is 0.0627 e. The lowest BCUT2D eigenvalue weighted by Gasteiger charge is -2.36.